The van der Waals surface area contributed by atoms with Crippen molar-refractivity contribution < 1.29 is 53.5 Å². The third-order valence-corrected chi connectivity index (χ3v) is 15.9. The fourth-order valence-electron chi connectivity index (χ4n) is 11.1. The number of anilines is 4. The number of rotatable bonds is 17. The molecule has 4 aromatic rings. The van der Waals surface area contributed by atoms with Crippen molar-refractivity contribution in [2.75, 3.05) is 99.8 Å². The van der Waals surface area contributed by atoms with Gasteiger partial charge in [-0.1, -0.05) is 12.1 Å². The Kier molecular flexibility index (Phi) is 19.9. The van der Waals surface area contributed by atoms with Crippen molar-refractivity contribution in [1.82, 2.24) is 50.6 Å². The van der Waals surface area contributed by atoms with E-state index in [0.29, 0.717) is 74.8 Å². The first-order valence-corrected chi connectivity index (χ1v) is 29.3. The lowest BCUT2D eigenvalue weighted by atomic mass is 9.91. The highest BCUT2D eigenvalue weighted by molar-refractivity contribution is 5.94. The predicted octanol–water partition coefficient (Wildman–Crippen LogP) is 3.17. The number of likely N-dealkylation sites (tertiary alicyclic amines) is 2. The molecule has 25 nitrogen and oxygen atoms in total. The number of benzene rings is 2. The lowest BCUT2D eigenvalue weighted by molar-refractivity contribution is -0.133. The number of ether oxygens (including phenoxy) is 3. The lowest BCUT2D eigenvalue weighted by Crippen LogP contribution is -2.56. The second-order valence-electron chi connectivity index (χ2n) is 23.6. The summed E-state index contributed by atoms with van der Waals surface area (Å²) in [6.07, 6.45) is 4.97. The van der Waals surface area contributed by atoms with Gasteiger partial charge in [0.15, 0.2) is 6.79 Å². The minimum atomic E-state index is -1.10. The van der Waals surface area contributed by atoms with Crippen LogP contribution in [0, 0.1) is 0 Å². The van der Waals surface area contributed by atoms with Crippen LogP contribution >= 0.6 is 0 Å². The van der Waals surface area contributed by atoms with Gasteiger partial charge in [0.05, 0.1) is 30.3 Å². The number of fused-ring (bicyclic) bond motifs is 2. The lowest BCUT2D eigenvalue weighted by Gasteiger charge is -2.40. The summed E-state index contributed by atoms with van der Waals surface area (Å²) in [6.45, 7) is 14.9. The van der Waals surface area contributed by atoms with Gasteiger partial charge in [0.2, 0.25) is 23.7 Å². The number of carbonyl (C=O) groups is 5. The Morgan fingerprint density at radius 3 is 1.71 bits per heavy atom. The zero-order valence-corrected chi connectivity index (χ0v) is 49.1. The number of hydrogen-bond donors (Lipinski definition) is 8. The maximum Gasteiger partial charge on any atom is 0.410 e. The van der Waals surface area contributed by atoms with Crippen LogP contribution in [-0.4, -0.2) is 201 Å². The quantitative estimate of drug-likeness (QED) is 0.0704. The summed E-state index contributed by atoms with van der Waals surface area (Å²) in [6, 6.07) is 13.3. The number of phenolic OH excluding ortho intramolecular Hbond substituents is 1. The van der Waals surface area contributed by atoms with Crippen molar-refractivity contribution in [2.24, 2.45) is 0 Å². The molecule has 84 heavy (non-hydrogen) atoms. The Balaban J connectivity index is 0.000000207. The number of aromatic hydroxyl groups is 1. The number of methoxy groups -OCH3 is 1. The van der Waals surface area contributed by atoms with Crippen molar-refractivity contribution in [3.8, 4) is 11.5 Å². The highest BCUT2D eigenvalue weighted by Gasteiger charge is 2.38. The number of aliphatic hydroxyl groups excluding tert-OH is 2. The second kappa shape index (κ2) is 27.4. The number of nitrogens with zero attached hydrogens (tertiary/aromatic N) is 9. The first-order valence-electron chi connectivity index (χ1n) is 29.3. The molecule has 4 atom stereocenters. The minimum absolute atomic E-state index is 0.0194. The summed E-state index contributed by atoms with van der Waals surface area (Å²) in [5.41, 5.74) is 3.59. The van der Waals surface area contributed by atoms with Crippen molar-refractivity contribution >= 4 is 53.3 Å². The fraction of sp³-hybridized carbons (Fsp3) is 0.576. The molecule has 0 spiro atoms. The molecule has 10 rings (SSSR count). The number of aliphatic hydroxyl groups is 2. The Hall–Kier alpha value is -7.61. The Bertz CT molecular complexity index is 2980. The van der Waals surface area contributed by atoms with Gasteiger partial charge in [-0.15, -0.1) is 0 Å². The zero-order chi connectivity index (χ0) is 59.7. The van der Waals surface area contributed by atoms with Gasteiger partial charge >= 0.3 is 6.09 Å². The molecular weight excluding hydrogens is 1080 g/mol. The molecule has 8 N–H and O–H groups in total. The van der Waals surface area contributed by atoms with Gasteiger partial charge in [-0.05, 0) is 119 Å². The molecule has 454 valence electrons. The number of amides is 5. The molecule has 6 aliphatic rings. The molecule has 0 radical (unpaired) electrons. The van der Waals surface area contributed by atoms with Gasteiger partial charge in [-0.25, -0.2) is 14.8 Å². The van der Waals surface area contributed by atoms with E-state index >= 15 is 0 Å². The van der Waals surface area contributed by atoms with E-state index < -0.39 is 35.9 Å². The van der Waals surface area contributed by atoms with Crippen LogP contribution in [0.5, 0.6) is 11.5 Å². The minimum Gasteiger partial charge on any atom is -0.508 e. The summed E-state index contributed by atoms with van der Waals surface area (Å²) in [7, 11) is 1.54. The number of piperidine rings is 2. The topological polar surface area (TPSA) is 302 Å². The third-order valence-electron chi connectivity index (χ3n) is 15.9. The third kappa shape index (κ3) is 16.0. The number of phenols is 1. The molecule has 0 aliphatic carbocycles. The van der Waals surface area contributed by atoms with E-state index in [1.54, 1.807) is 75.8 Å². The fourth-order valence-corrected chi connectivity index (χ4v) is 11.1. The van der Waals surface area contributed by atoms with Crippen LogP contribution in [0.3, 0.4) is 0 Å². The maximum atomic E-state index is 13.5. The van der Waals surface area contributed by atoms with Gasteiger partial charge in [-0.3, -0.25) is 24.1 Å². The van der Waals surface area contributed by atoms with E-state index in [1.807, 2.05) is 24.3 Å². The molecule has 5 amide bonds. The van der Waals surface area contributed by atoms with E-state index in [9.17, 15) is 39.3 Å². The van der Waals surface area contributed by atoms with Gasteiger partial charge in [0.1, 0.15) is 40.1 Å². The van der Waals surface area contributed by atoms with Gasteiger partial charge < -0.3 is 75.7 Å². The highest BCUT2D eigenvalue weighted by atomic mass is 16.7. The van der Waals surface area contributed by atoms with E-state index in [2.05, 4.69) is 51.3 Å². The molecule has 0 bridgehead atoms. The largest absolute Gasteiger partial charge is 0.508 e. The molecule has 8 heterocycles. The van der Waals surface area contributed by atoms with E-state index in [4.69, 9.17) is 19.2 Å². The highest BCUT2D eigenvalue weighted by Crippen LogP contribution is 2.31. The van der Waals surface area contributed by atoms with Crippen LogP contribution in [0.15, 0.2) is 48.5 Å². The Morgan fingerprint density at radius 2 is 1.19 bits per heavy atom. The van der Waals surface area contributed by atoms with Crippen LogP contribution < -0.4 is 41.1 Å². The molecule has 4 saturated heterocycles. The smallest absolute Gasteiger partial charge is 0.410 e. The van der Waals surface area contributed by atoms with Crippen LogP contribution in [-0.2, 0) is 45.0 Å². The summed E-state index contributed by atoms with van der Waals surface area (Å²) in [4.78, 5) is 90.8. The maximum absolute atomic E-state index is 13.5. The molecule has 2 aromatic heterocycles. The van der Waals surface area contributed by atoms with E-state index in [1.165, 1.54) is 11.3 Å². The van der Waals surface area contributed by atoms with Gasteiger partial charge in [-0.2, -0.15) is 9.97 Å². The predicted molar refractivity (Wildman–Crippen MR) is 313 cm³/mol. The van der Waals surface area contributed by atoms with Crippen molar-refractivity contribution in [2.45, 2.75) is 141 Å². The van der Waals surface area contributed by atoms with E-state index in [0.717, 1.165) is 80.5 Å². The van der Waals surface area contributed by atoms with Crippen LogP contribution in [0.1, 0.15) is 116 Å². The first kappa shape index (κ1) is 61.0. The molecule has 6 aliphatic heterocycles. The Labute approximate surface area is 490 Å². The summed E-state index contributed by atoms with van der Waals surface area (Å²) in [5.74, 6) is 2.11. The van der Waals surface area contributed by atoms with Crippen molar-refractivity contribution in [3.05, 3.63) is 82.2 Å². The molecular formula is C59H82N14O11. The normalized spacial score (nSPS) is 19.6. The van der Waals surface area contributed by atoms with Crippen molar-refractivity contribution in [1.29, 1.82) is 0 Å². The molecule has 2 aromatic carbocycles. The average Bonchev–Trinajstić information content (AvgIpc) is 3.15. The molecule has 0 saturated carbocycles. The van der Waals surface area contributed by atoms with Crippen LogP contribution in [0.2, 0.25) is 0 Å². The number of nitrogens with one attached hydrogen (secondary N) is 5. The number of aromatic nitrogens is 4. The first-order chi connectivity index (χ1) is 40.2. The monoisotopic (exact) mass is 1160 g/mol. The summed E-state index contributed by atoms with van der Waals surface area (Å²) in [5, 5.41) is 47.5. The second-order valence-corrected chi connectivity index (χ2v) is 23.6. The standard InChI is InChI=1S/C33H47N7O7.C26H35N7O4/c1-21(41)39-18-24(19-39)35-29-15-26(36-31(37-29)38-11-7-6-8-12-38)30(43)34-16-28(42)27-14-22-9-10-25(46-20-45-5)13-23(22)17-40(27)32(44)47-33(2,3)4;1-16(34)33-14-19(15-33)29-24-11-22(30-26(31-24)32-7-3-2-4-8-32)25(37)28-13-23(36)21-10-17-5-6-20(35)9-18(17)12-27-21/h9-10,13,15,24,27-28,42H,6-8,11-12,14,16-20H2,1-5H3,(H,34,43)(H,35,36,37);5-6,9,11,19,21,23,27,35-36H,2-4,7-8,10,12-15H2,1H3,(H,28,37)(H,29,30,31)/t27-,28+;21-,23+/m00/s1. The van der Waals surface area contributed by atoms with Crippen molar-refractivity contribution in [3.63, 3.8) is 0 Å². The van der Waals surface area contributed by atoms with Gasteiger partial charge in [0, 0.05) is 118 Å². The molecule has 0 unspecified atom stereocenters. The van der Waals surface area contributed by atoms with Crippen LogP contribution in [0.4, 0.5) is 28.3 Å². The SMILES string of the molecule is CC(=O)N1CC(Nc2cc(C(=O)NC[C@@H](O)[C@@H]3Cc4ccc(O)cc4CN3)nc(N3CCCCC3)n2)C1.COCOc1ccc2c(c1)CN(C(=O)OC(C)(C)C)[C@H]([C@H](O)CNC(=O)c1cc(NC3CN(C(C)=O)C3)nc(N3CCCCC3)n1)C2. The number of hydrogen-bond acceptors (Lipinski definition) is 20. The average molecular weight is 1160 g/mol. The summed E-state index contributed by atoms with van der Waals surface area (Å²) >= 11 is 0. The summed E-state index contributed by atoms with van der Waals surface area (Å²) < 4.78 is 16.3. The number of carbonyl (C=O) groups excluding carboxylic acids is 5. The Morgan fingerprint density at radius 1 is 0.667 bits per heavy atom. The molecule has 25 heteroatoms. The van der Waals surface area contributed by atoms with E-state index in [-0.39, 0.29) is 79.4 Å². The molecule has 4 fully saturated rings. The van der Waals surface area contributed by atoms with Gasteiger partial charge in [0.25, 0.3) is 11.8 Å². The zero-order valence-electron chi connectivity index (χ0n) is 49.1. The van der Waals surface area contributed by atoms with Crippen LogP contribution in [0.25, 0.3) is 0 Å².